The predicted octanol–water partition coefficient (Wildman–Crippen LogP) is 4.37. The summed E-state index contributed by atoms with van der Waals surface area (Å²) < 4.78 is 0. The molecule has 2 aliphatic rings. The fourth-order valence-corrected chi connectivity index (χ4v) is 4.42. The molecule has 0 amide bonds. The zero-order chi connectivity index (χ0) is 13.9. The lowest BCUT2D eigenvalue weighted by atomic mass is 9.71. The van der Waals surface area contributed by atoms with Crippen LogP contribution in [0.4, 0.5) is 0 Å². The van der Waals surface area contributed by atoms with Gasteiger partial charge in [-0.1, -0.05) is 50.5 Å². The third-order valence-electron chi connectivity index (χ3n) is 5.75. The van der Waals surface area contributed by atoms with Crippen molar-refractivity contribution in [3.8, 4) is 0 Å². The molecule has 0 saturated heterocycles. The molecule has 2 aliphatic carbocycles. The van der Waals surface area contributed by atoms with Crippen molar-refractivity contribution in [2.24, 2.45) is 17.8 Å². The summed E-state index contributed by atoms with van der Waals surface area (Å²) in [5.41, 5.74) is 2.98. The number of aliphatic hydroxyl groups is 1. The highest BCUT2D eigenvalue weighted by Crippen LogP contribution is 2.38. The Labute approximate surface area is 123 Å². The maximum Gasteiger partial charge on any atom is 0.0599 e. The van der Waals surface area contributed by atoms with Gasteiger partial charge in [-0.2, -0.15) is 0 Å². The van der Waals surface area contributed by atoms with Gasteiger partial charge in [-0.25, -0.2) is 0 Å². The second-order valence-electron chi connectivity index (χ2n) is 6.96. The number of hydrogen-bond acceptors (Lipinski definition) is 1. The van der Waals surface area contributed by atoms with Gasteiger partial charge in [-0.3, -0.25) is 0 Å². The Balaban J connectivity index is 1.65. The molecule has 1 saturated carbocycles. The Morgan fingerprint density at radius 1 is 1.10 bits per heavy atom. The van der Waals surface area contributed by atoms with Crippen molar-refractivity contribution in [2.75, 3.05) is 0 Å². The first-order valence-corrected chi connectivity index (χ1v) is 8.52. The van der Waals surface area contributed by atoms with Crippen molar-refractivity contribution >= 4 is 0 Å². The van der Waals surface area contributed by atoms with Gasteiger partial charge in [-0.15, -0.1) is 0 Å². The fraction of sp³-hybridized carbons (Fsp3) is 0.684. The number of aliphatic hydroxyl groups excluding tert-OH is 1. The van der Waals surface area contributed by atoms with E-state index in [1.54, 1.807) is 0 Å². The minimum atomic E-state index is -0.0716. The molecule has 1 nitrogen and oxygen atoms in total. The van der Waals surface area contributed by atoms with Crippen LogP contribution in [0.2, 0.25) is 0 Å². The van der Waals surface area contributed by atoms with Gasteiger partial charge in [0.15, 0.2) is 0 Å². The van der Waals surface area contributed by atoms with Gasteiger partial charge in [0.25, 0.3) is 0 Å². The molecule has 110 valence electrons. The summed E-state index contributed by atoms with van der Waals surface area (Å²) in [5, 5.41) is 10.8. The number of fused-ring (bicyclic) bond motifs is 1. The molecule has 0 spiro atoms. The van der Waals surface area contributed by atoms with Crippen molar-refractivity contribution < 1.29 is 5.11 Å². The Morgan fingerprint density at radius 2 is 1.90 bits per heavy atom. The van der Waals surface area contributed by atoms with Gasteiger partial charge >= 0.3 is 0 Å². The smallest absolute Gasteiger partial charge is 0.0599 e. The first-order valence-electron chi connectivity index (χ1n) is 8.52. The lowest BCUT2D eigenvalue weighted by Crippen LogP contribution is -2.35. The quantitative estimate of drug-likeness (QED) is 0.866. The monoisotopic (exact) mass is 272 g/mol. The van der Waals surface area contributed by atoms with E-state index in [1.165, 1.54) is 49.7 Å². The molecule has 3 rings (SSSR count). The third kappa shape index (κ3) is 2.93. The molecule has 0 aromatic heterocycles. The van der Waals surface area contributed by atoms with Crippen LogP contribution in [-0.2, 0) is 12.8 Å². The van der Waals surface area contributed by atoms with Crippen molar-refractivity contribution in [1.82, 2.24) is 0 Å². The van der Waals surface area contributed by atoms with E-state index < -0.39 is 0 Å². The summed E-state index contributed by atoms with van der Waals surface area (Å²) in [6.07, 6.45) is 9.84. The molecule has 1 fully saturated rings. The average Bonchev–Trinajstić information content (AvgIpc) is 2.53. The van der Waals surface area contributed by atoms with Crippen LogP contribution >= 0.6 is 0 Å². The lowest BCUT2D eigenvalue weighted by molar-refractivity contribution is 0.0168. The minimum Gasteiger partial charge on any atom is -0.393 e. The predicted molar refractivity (Wildman–Crippen MR) is 83.7 cm³/mol. The maximum absolute atomic E-state index is 10.8. The molecule has 0 bridgehead atoms. The Hall–Kier alpha value is -0.820. The van der Waals surface area contributed by atoms with Crippen molar-refractivity contribution in [3.05, 3.63) is 35.4 Å². The Kier molecular flexibility index (Phi) is 4.45. The van der Waals surface area contributed by atoms with Crippen LogP contribution in [0.1, 0.15) is 56.6 Å². The van der Waals surface area contributed by atoms with Crippen molar-refractivity contribution in [1.29, 1.82) is 0 Å². The van der Waals surface area contributed by atoms with E-state index in [0.29, 0.717) is 11.8 Å². The highest BCUT2D eigenvalue weighted by atomic mass is 16.3. The zero-order valence-corrected chi connectivity index (χ0v) is 12.7. The van der Waals surface area contributed by atoms with E-state index in [2.05, 4.69) is 31.2 Å². The van der Waals surface area contributed by atoms with Gasteiger partial charge in [0.1, 0.15) is 0 Å². The Morgan fingerprint density at radius 3 is 2.70 bits per heavy atom. The highest BCUT2D eigenvalue weighted by Gasteiger charge is 2.33. The molecule has 0 aliphatic heterocycles. The maximum atomic E-state index is 10.8. The first kappa shape index (κ1) is 14.1. The molecular weight excluding hydrogens is 244 g/mol. The van der Waals surface area contributed by atoms with Crippen molar-refractivity contribution in [3.63, 3.8) is 0 Å². The van der Waals surface area contributed by atoms with Gasteiger partial charge in [0.05, 0.1) is 6.10 Å². The van der Waals surface area contributed by atoms with Crippen LogP contribution in [-0.4, -0.2) is 11.2 Å². The van der Waals surface area contributed by atoms with Gasteiger partial charge in [0, 0.05) is 0 Å². The number of aryl methyl sites for hydroxylation is 1. The van der Waals surface area contributed by atoms with Crippen LogP contribution in [0.25, 0.3) is 0 Å². The molecule has 1 N–H and O–H groups in total. The van der Waals surface area contributed by atoms with Crippen LogP contribution < -0.4 is 0 Å². The van der Waals surface area contributed by atoms with Crippen LogP contribution in [0.5, 0.6) is 0 Å². The van der Waals surface area contributed by atoms with E-state index in [1.807, 2.05) is 0 Å². The lowest BCUT2D eigenvalue weighted by Gasteiger charge is -2.37. The number of hydrogen-bond donors (Lipinski definition) is 1. The van der Waals surface area contributed by atoms with Gasteiger partial charge in [0.2, 0.25) is 0 Å². The standard InChI is InChI=1S/C19H28O/c1-2-14-6-5-9-17(12-14)19(20)18-11-10-15-7-3-4-8-16(15)13-18/h3-4,7-8,14,17-20H,2,5-6,9-13H2,1H3. The third-order valence-corrected chi connectivity index (χ3v) is 5.75. The highest BCUT2D eigenvalue weighted by molar-refractivity contribution is 5.29. The summed E-state index contributed by atoms with van der Waals surface area (Å²) >= 11 is 0. The van der Waals surface area contributed by atoms with E-state index >= 15 is 0 Å². The zero-order valence-electron chi connectivity index (χ0n) is 12.7. The second-order valence-corrected chi connectivity index (χ2v) is 6.96. The van der Waals surface area contributed by atoms with Crippen LogP contribution in [0, 0.1) is 17.8 Å². The molecule has 0 heterocycles. The fourth-order valence-electron chi connectivity index (χ4n) is 4.42. The van der Waals surface area contributed by atoms with Crippen molar-refractivity contribution in [2.45, 2.75) is 64.4 Å². The van der Waals surface area contributed by atoms with Gasteiger partial charge < -0.3 is 5.11 Å². The van der Waals surface area contributed by atoms with E-state index in [4.69, 9.17) is 0 Å². The minimum absolute atomic E-state index is 0.0716. The molecule has 0 radical (unpaired) electrons. The van der Waals surface area contributed by atoms with Crippen LogP contribution in [0.3, 0.4) is 0 Å². The normalized spacial score (nSPS) is 31.6. The van der Waals surface area contributed by atoms with E-state index in [9.17, 15) is 5.11 Å². The summed E-state index contributed by atoms with van der Waals surface area (Å²) in [6.45, 7) is 2.30. The molecule has 1 aromatic carbocycles. The average molecular weight is 272 g/mol. The van der Waals surface area contributed by atoms with E-state index in [-0.39, 0.29) is 6.10 Å². The molecule has 4 unspecified atom stereocenters. The molecule has 1 aromatic rings. The summed E-state index contributed by atoms with van der Waals surface area (Å²) in [6, 6.07) is 8.79. The van der Waals surface area contributed by atoms with Gasteiger partial charge in [-0.05, 0) is 61.0 Å². The van der Waals surface area contributed by atoms with Crippen LogP contribution in [0.15, 0.2) is 24.3 Å². The second kappa shape index (κ2) is 6.30. The Bertz CT molecular complexity index is 439. The molecular formula is C19H28O. The number of benzene rings is 1. The molecule has 4 atom stereocenters. The summed E-state index contributed by atoms with van der Waals surface area (Å²) in [4.78, 5) is 0. The molecule has 1 heteroatoms. The molecule has 20 heavy (non-hydrogen) atoms. The first-order chi connectivity index (χ1) is 9.78. The van der Waals surface area contributed by atoms with E-state index in [0.717, 1.165) is 18.8 Å². The largest absolute Gasteiger partial charge is 0.393 e. The number of rotatable bonds is 3. The summed E-state index contributed by atoms with van der Waals surface area (Å²) in [5.74, 6) is 1.91. The SMILES string of the molecule is CCC1CCCC(C(O)C2CCc3ccccc3C2)C1. The summed E-state index contributed by atoms with van der Waals surface area (Å²) in [7, 11) is 0. The topological polar surface area (TPSA) is 20.2 Å².